The summed E-state index contributed by atoms with van der Waals surface area (Å²) in [6.07, 6.45) is 5.37. The molecule has 1 saturated heterocycles. The topological polar surface area (TPSA) is 79.3 Å². The molecule has 8 nitrogen and oxygen atoms in total. The number of hydrogen-bond donors (Lipinski definition) is 1. The van der Waals surface area contributed by atoms with Gasteiger partial charge >= 0.3 is 6.01 Å². The van der Waals surface area contributed by atoms with Crippen LogP contribution in [0.25, 0.3) is 10.6 Å². The van der Waals surface area contributed by atoms with Crippen molar-refractivity contribution in [2.45, 2.75) is 0 Å². The summed E-state index contributed by atoms with van der Waals surface area (Å²) in [5.41, 5.74) is 1.94. The van der Waals surface area contributed by atoms with Crippen molar-refractivity contribution in [3.05, 3.63) is 36.8 Å². The van der Waals surface area contributed by atoms with Crippen LogP contribution in [0.15, 0.2) is 36.8 Å². The molecule has 4 rings (SSSR count). The lowest BCUT2D eigenvalue weighted by Gasteiger charge is -2.33. The minimum absolute atomic E-state index is 0.344. The quantitative estimate of drug-likeness (QED) is 0.720. The van der Waals surface area contributed by atoms with Gasteiger partial charge in [0.2, 0.25) is 0 Å². The number of hydrogen-bond acceptors (Lipinski definition) is 9. The van der Waals surface area contributed by atoms with E-state index in [1.54, 1.807) is 19.5 Å². The van der Waals surface area contributed by atoms with Crippen molar-refractivity contribution in [2.75, 3.05) is 50.6 Å². The maximum absolute atomic E-state index is 5.08. The molecule has 3 aromatic heterocycles. The van der Waals surface area contributed by atoms with Crippen molar-refractivity contribution in [1.29, 1.82) is 0 Å². The zero-order chi connectivity index (χ0) is 18.6. The summed E-state index contributed by atoms with van der Waals surface area (Å²) in [5.74, 6) is 0.772. The number of nitrogens with zero attached hydrogens (tertiary/aromatic N) is 6. The molecule has 0 atom stereocenters. The summed E-state index contributed by atoms with van der Waals surface area (Å²) in [5, 5.41) is 4.02. The molecule has 1 N–H and O–H groups in total. The fraction of sp³-hybridized carbons (Fsp3) is 0.333. The molecule has 0 unspecified atom stereocenters. The maximum Gasteiger partial charge on any atom is 0.316 e. The van der Waals surface area contributed by atoms with Gasteiger partial charge in [-0.15, -0.1) is 0 Å². The first-order valence-electron chi connectivity index (χ1n) is 8.71. The number of anilines is 3. The Hall–Kier alpha value is -2.78. The average Bonchev–Trinajstić information content (AvgIpc) is 3.18. The Morgan fingerprint density at radius 1 is 1.04 bits per heavy atom. The second kappa shape index (κ2) is 7.85. The van der Waals surface area contributed by atoms with E-state index in [-0.39, 0.29) is 0 Å². The van der Waals surface area contributed by atoms with Crippen LogP contribution in [-0.2, 0) is 0 Å². The molecule has 0 spiro atoms. The first kappa shape index (κ1) is 17.6. The Morgan fingerprint density at radius 2 is 1.89 bits per heavy atom. The van der Waals surface area contributed by atoms with Gasteiger partial charge in [-0.25, -0.2) is 15.0 Å². The normalized spacial score (nSPS) is 15.0. The van der Waals surface area contributed by atoms with Crippen LogP contribution in [-0.4, -0.2) is 65.2 Å². The number of piperazine rings is 1. The number of thiazole rings is 1. The van der Waals surface area contributed by atoms with Gasteiger partial charge in [-0.3, -0.25) is 0 Å². The third kappa shape index (κ3) is 4.15. The maximum atomic E-state index is 5.08. The zero-order valence-electron chi connectivity index (χ0n) is 15.3. The number of pyridine rings is 1. The predicted molar refractivity (Wildman–Crippen MR) is 107 cm³/mol. The van der Waals surface area contributed by atoms with Gasteiger partial charge in [-0.05, 0) is 25.2 Å². The summed E-state index contributed by atoms with van der Waals surface area (Å²) in [4.78, 5) is 22.9. The van der Waals surface area contributed by atoms with Gasteiger partial charge in [-0.1, -0.05) is 11.3 Å². The molecule has 1 aliphatic heterocycles. The van der Waals surface area contributed by atoms with Crippen molar-refractivity contribution in [1.82, 2.24) is 24.8 Å². The Kier molecular flexibility index (Phi) is 5.12. The van der Waals surface area contributed by atoms with E-state index in [0.717, 1.165) is 53.4 Å². The number of aromatic nitrogens is 4. The van der Waals surface area contributed by atoms with Gasteiger partial charge in [0.05, 0.1) is 29.6 Å². The molecule has 3 aromatic rings. The summed E-state index contributed by atoms with van der Waals surface area (Å²) in [6, 6.07) is 6.27. The molecule has 4 heterocycles. The standard InChI is InChI=1S/C18H21N7OS/c1-24-7-9-25(10-8-24)13-3-4-16(20-11-13)23-18-21-12-15(27-18)14-5-6-19-17(22-14)26-2/h3-6,11-12H,7-10H2,1-2H3,(H,20,21,23). The van der Waals surface area contributed by atoms with E-state index in [1.807, 2.05) is 18.3 Å². The SMILES string of the molecule is COc1nccc(-c2cnc(Nc3ccc(N4CCN(C)CC4)cn3)s2)n1. The van der Waals surface area contributed by atoms with Gasteiger partial charge in [-0.2, -0.15) is 4.98 Å². The summed E-state index contributed by atoms with van der Waals surface area (Å²) < 4.78 is 5.08. The minimum Gasteiger partial charge on any atom is -0.467 e. The molecule has 0 radical (unpaired) electrons. The van der Waals surface area contributed by atoms with Crippen LogP contribution in [0.3, 0.4) is 0 Å². The molecular weight excluding hydrogens is 362 g/mol. The highest BCUT2D eigenvalue weighted by Gasteiger charge is 2.14. The van der Waals surface area contributed by atoms with Crippen molar-refractivity contribution >= 4 is 28.0 Å². The van der Waals surface area contributed by atoms with E-state index in [9.17, 15) is 0 Å². The first-order chi connectivity index (χ1) is 13.2. The fourth-order valence-corrected chi connectivity index (χ4v) is 3.64. The number of nitrogens with one attached hydrogen (secondary N) is 1. The Balaban J connectivity index is 1.43. The Morgan fingerprint density at radius 3 is 2.63 bits per heavy atom. The van der Waals surface area contributed by atoms with Gasteiger partial charge in [0, 0.05) is 38.6 Å². The van der Waals surface area contributed by atoms with E-state index in [2.05, 4.69) is 48.2 Å². The molecule has 1 fully saturated rings. The number of ether oxygens (including phenoxy) is 1. The van der Waals surface area contributed by atoms with Crippen LogP contribution in [0, 0.1) is 0 Å². The Labute approximate surface area is 161 Å². The average molecular weight is 383 g/mol. The molecule has 140 valence electrons. The van der Waals surface area contributed by atoms with E-state index in [1.165, 1.54) is 11.3 Å². The van der Waals surface area contributed by atoms with Gasteiger partial charge in [0.15, 0.2) is 5.13 Å². The molecule has 0 saturated carbocycles. The van der Waals surface area contributed by atoms with Crippen molar-refractivity contribution in [2.24, 2.45) is 0 Å². The zero-order valence-corrected chi connectivity index (χ0v) is 16.1. The molecule has 1 aliphatic rings. The lowest BCUT2D eigenvalue weighted by Crippen LogP contribution is -2.44. The highest BCUT2D eigenvalue weighted by Crippen LogP contribution is 2.30. The Bertz CT molecular complexity index is 891. The third-order valence-electron chi connectivity index (χ3n) is 4.43. The van der Waals surface area contributed by atoms with Crippen LogP contribution in [0.5, 0.6) is 6.01 Å². The summed E-state index contributed by atoms with van der Waals surface area (Å²) >= 11 is 1.51. The lowest BCUT2D eigenvalue weighted by atomic mass is 10.3. The monoisotopic (exact) mass is 383 g/mol. The highest BCUT2D eigenvalue weighted by molar-refractivity contribution is 7.18. The number of likely N-dealkylation sites (N-methyl/N-ethyl adjacent to an activating group) is 1. The van der Waals surface area contributed by atoms with Crippen LogP contribution >= 0.6 is 11.3 Å². The van der Waals surface area contributed by atoms with Crippen molar-refractivity contribution in [3.63, 3.8) is 0 Å². The molecule has 0 amide bonds. The summed E-state index contributed by atoms with van der Waals surface area (Å²) in [6.45, 7) is 4.22. The van der Waals surface area contributed by atoms with Gasteiger partial charge < -0.3 is 19.9 Å². The fourth-order valence-electron chi connectivity index (χ4n) is 2.85. The smallest absolute Gasteiger partial charge is 0.316 e. The van der Waals surface area contributed by atoms with Gasteiger partial charge in [0.1, 0.15) is 5.82 Å². The van der Waals surface area contributed by atoms with Gasteiger partial charge in [0.25, 0.3) is 0 Å². The molecule has 0 aliphatic carbocycles. The van der Waals surface area contributed by atoms with Crippen molar-refractivity contribution < 1.29 is 4.74 Å². The minimum atomic E-state index is 0.344. The molecule has 0 bridgehead atoms. The van der Waals surface area contributed by atoms with Crippen LogP contribution in [0.1, 0.15) is 0 Å². The second-order valence-electron chi connectivity index (χ2n) is 6.28. The third-order valence-corrected chi connectivity index (χ3v) is 5.36. The largest absolute Gasteiger partial charge is 0.467 e. The van der Waals surface area contributed by atoms with Crippen LogP contribution in [0.2, 0.25) is 0 Å². The lowest BCUT2D eigenvalue weighted by molar-refractivity contribution is 0.313. The van der Waals surface area contributed by atoms with E-state index >= 15 is 0 Å². The van der Waals surface area contributed by atoms with E-state index in [0.29, 0.717) is 6.01 Å². The molecular formula is C18H21N7OS. The van der Waals surface area contributed by atoms with E-state index in [4.69, 9.17) is 4.74 Å². The first-order valence-corrected chi connectivity index (χ1v) is 9.53. The van der Waals surface area contributed by atoms with Crippen molar-refractivity contribution in [3.8, 4) is 16.6 Å². The highest BCUT2D eigenvalue weighted by atomic mass is 32.1. The molecule has 27 heavy (non-hydrogen) atoms. The van der Waals surface area contributed by atoms with Crippen LogP contribution < -0.4 is 15.0 Å². The number of rotatable bonds is 5. The molecule has 0 aromatic carbocycles. The second-order valence-corrected chi connectivity index (χ2v) is 7.31. The predicted octanol–water partition coefficient (Wildman–Crippen LogP) is 2.50. The van der Waals surface area contributed by atoms with E-state index < -0.39 is 0 Å². The number of methoxy groups -OCH3 is 1. The van der Waals surface area contributed by atoms with Crippen LogP contribution in [0.4, 0.5) is 16.6 Å². The molecule has 9 heteroatoms. The summed E-state index contributed by atoms with van der Waals surface area (Å²) in [7, 11) is 3.71.